The van der Waals surface area contributed by atoms with Crippen molar-refractivity contribution in [1.29, 1.82) is 0 Å². The van der Waals surface area contributed by atoms with Crippen LogP contribution in [0.1, 0.15) is 34.6 Å². The lowest BCUT2D eigenvalue weighted by Crippen LogP contribution is -2.51. The monoisotopic (exact) mass is 744 g/mol. The van der Waals surface area contributed by atoms with Crippen molar-refractivity contribution in [2.45, 2.75) is 44.1 Å². The number of halogens is 4. The van der Waals surface area contributed by atoms with Gasteiger partial charge in [0, 0.05) is 48.3 Å². The lowest BCUT2D eigenvalue weighted by Gasteiger charge is -2.19. The predicted octanol–water partition coefficient (Wildman–Crippen LogP) is 2.93. The van der Waals surface area contributed by atoms with E-state index in [1.54, 1.807) is 36.0 Å². The average molecular weight is 745 g/mol. The predicted molar refractivity (Wildman–Crippen MR) is 179 cm³/mol. The molecule has 0 bridgehead atoms. The van der Waals surface area contributed by atoms with Crippen LogP contribution in [0, 0.1) is 6.92 Å². The molecule has 3 amide bonds. The Morgan fingerprint density at radius 3 is 2.27 bits per heavy atom. The van der Waals surface area contributed by atoms with E-state index < -0.39 is 60.6 Å². The number of hydrogen-bond donors (Lipinski definition) is 6. The van der Waals surface area contributed by atoms with Crippen LogP contribution in [0.2, 0.25) is 5.02 Å². The van der Waals surface area contributed by atoms with E-state index in [9.17, 15) is 37.5 Å². The number of carbonyl (C=O) groups is 4. The number of alkyl halides is 3. The molecule has 2 heterocycles. The molecule has 0 aliphatic heterocycles. The minimum Gasteiger partial charge on any atom is -0.480 e. The number of aromatic nitrogens is 5. The minimum absolute atomic E-state index is 0.0292. The van der Waals surface area contributed by atoms with Gasteiger partial charge in [0.25, 0.3) is 5.91 Å². The molecular formula is C32H32ClF3N10O6. The van der Waals surface area contributed by atoms with Gasteiger partial charge in [-0.05, 0) is 61.7 Å². The summed E-state index contributed by atoms with van der Waals surface area (Å²) in [6, 6.07) is 10.4. The van der Waals surface area contributed by atoms with E-state index in [1.807, 2.05) is 12.1 Å². The van der Waals surface area contributed by atoms with E-state index >= 15 is 0 Å². The second-order valence-electron chi connectivity index (χ2n) is 11.6. The quantitative estimate of drug-likeness (QED) is 0.0970. The summed E-state index contributed by atoms with van der Waals surface area (Å²) in [6.45, 7) is 0.0445. The van der Waals surface area contributed by atoms with E-state index in [4.69, 9.17) is 16.3 Å². The molecule has 52 heavy (non-hydrogen) atoms. The Labute approximate surface area is 298 Å². The number of nitrogens with one attached hydrogen (secondary N) is 5. The molecular weight excluding hydrogens is 713 g/mol. The van der Waals surface area contributed by atoms with Gasteiger partial charge in [0.05, 0.1) is 5.54 Å². The van der Waals surface area contributed by atoms with Gasteiger partial charge in [-0.25, -0.2) is 9.78 Å². The summed E-state index contributed by atoms with van der Waals surface area (Å²) < 4.78 is 45.3. The van der Waals surface area contributed by atoms with Crippen LogP contribution in [0.5, 0.6) is 6.01 Å². The normalized spacial score (nSPS) is 13.7. The van der Waals surface area contributed by atoms with Gasteiger partial charge < -0.3 is 41.0 Å². The van der Waals surface area contributed by atoms with Crippen LogP contribution < -0.4 is 31.3 Å². The Bertz CT molecular complexity index is 1920. The topological polar surface area (TPSA) is 214 Å². The molecule has 274 valence electrons. The number of aliphatic carboxylic acids is 1. The third-order valence-electron chi connectivity index (χ3n) is 7.72. The molecule has 2 aromatic carbocycles. The van der Waals surface area contributed by atoms with E-state index in [0.29, 0.717) is 30.1 Å². The largest absolute Gasteiger partial charge is 0.480 e. The highest BCUT2D eigenvalue weighted by Crippen LogP contribution is 2.48. The van der Waals surface area contributed by atoms with Crippen LogP contribution in [0.4, 0.5) is 30.8 Å². The number of imidazole rings is 1. The minimum atomic E-state index is -4.65. The van der Waals surface area contributed by atoms with Gasteiger partial charge in [0.1, 0.15) is 11.9 Å². The number of hydrogen-bond acceptors (Lipinski definition) is 11. The number of benzene rings is 2. The van der Waals surface area contributed by atoms with Crippen molar-refractivity contribution in [3.63, 3.8) is 0 Å². The molecule has 1 saturated carbocycles. The van der Waals surface area contributed by atoms with Gasteiger partial charge in [-0.1, -0.05) is 23.7 Å². The van der Waals surface area contributed by atoms with Gasteiger partial charge >= 0.3 is 30.0 Å². The maximum Gasteiger partial charge on any atom is 0.422 e. The van der Waals surface area contributed by atoms with Crippen LogP contribution >= 0.6 is 11.6 Å². The summed E-state index contributed by atoms with van der Waals surface area (Å²) in [5, 5.41) is 23.0. The number of anilines is 3. The van der Waals surface area contributed by atoms with Crippen LogP contribution in [0.3, 0.4) is 0 Å². The number of amides is 3. The molecule has 20 heteroatoms. The van der Waals surface area contributed by atoms with Gasteiger partial charge in [-0.15, -0.1) is 0 Å². The van der Waals surface area contributed by atoms with Crippen molar-refractivity contribution in [1.82, 2.24) is 40.5 Å². The third kappa shape index (κ3) is 10.3. The maximum absolute atomic E-state index is 12.9. The highest BCUT2D eigenvalue weighted by molar-refractivity contribution is 6.35. The third-order valence-corrected chi connectivity index (χ3v) is 7.97. The van der Waals surface area contributed by atoms with Gasteiger partial charge in [-0.2, -0.15) is 28.1 Å². The summed E-state index contributed by atoms with van der Waals surface area (Å²) in [5.41, 5.74) is 0.652. The van der Waals surface area contributed by atoms with Crippen molar-refractivity contribution in [3.8, 4) is 6.01 Å². The van der Waals surface area contributed by atoms with Gasteiger partial charge in [-0.3, -0.25) is 14.4 Å². The second kappa shape index (κ2) is 15.9. The fraction of sp³-hybridized carbons (Fsp3) is 0.312. The summed E-state index contributed by atoms with van der Waals surface area (Å²) in [6.07, 6.45) is 0.0457. The highest BCUT2D eigenvalue weighted by Gasteiger charge is 2.45. The van der Waals surface area contributed by atoms with Crippen molar-refractivity contribution >= 4 is 52.9 Å². The van der Waals surface area contributed by atoms with E-state index in [1.165, 1.54) is 24.3 Å². The molecule has 1 fully saturated rings. The number of ether oxygens (including phenoxy) is 1. The summed E-state index contributed by atoms with van der Waals surface area (Å²) in [7, 11) is 0. The lowest BCUT2D eigenvalue weighted by molar-refractivity contribution is -0.154. The number of rotatable bonds is 15. The van der Waals surface area contributed by atoms with Gasteiger partial charge in [0.15, 0.2) is 6.61 Å². The Hall–Kier alpha value is -5.98. The van der Waals surface area contributed by atoms with Crippen LogP contribution in [0.15, 0.2) is 60.9 Å². The SMILES string of the molecule is Cc1nccn1CCNC(=O)C(=O)NC[C@H](NC(=O)c1ccc(Nc2nc(NC3(c4ccc(Cl)cc4)CC3)nc(OCC(F)(F)F)n2)cc1)C(=O)O. The molecule has 6 N–H and O–H groups in total. The number of aryl methyl sites for hydroxylation is 1. The summed E-state index contributed by atoms with van der Waals surface area (Å²) in [5.74, 6) is -3.83. The van der Waals surface area contributed by atoms with Crippen LogP contribution in [-0.2, 0) is 26.5 Å². The summed E-state index contributed by atoms with van der Waals surface area (Å²) in [4.78, 5) is 65.3. The van der Waals surface area contributed by atoms with E-state index in [0.717, 1.165) is 11.4 Å². The first-order valence-electron chi connectivity index (χ1n) is 15.6. The molecule has 5 rings (SSSR count). The molecule has 1 aliphatic rings. The molecule has 16 nitrogen and oxygen atoms in total. The van der Waals surface area contributed by atoms with Crippen molar-refractivity contribution in [3.05, 3.63) is 82.9 Å². The first-order valence-corrected chi connectivity index (χ1v) is 16.0. The van der Waals surface area contributed by atoms with Gasteiger partial charge in [0.2, 0.25) is 11.9 Å². The molecule has 0 radical (unpaired) electrons. The Kier molecular flexibility index (Phi) is 11.4. The zero-order chi connectivity index (χ0) is 37.5. The summed E-state index contributed by atoms with van der Waals surface area (Å²) >= 11 is 6.01. The highest BCUT2D eigenvalue weighted by atomic mass is 35.5. The number of carboxylic acids is 1. The Balaban J connectivity index is 1.19. The van der Waals surface area contributed by atoms with Crippen LogP contribution in [0.25, 0.3) is 0 Å². The first-order chi connectivity index (χ1) is 24.7. The van der Waals surface area contributed by atoms with Crippen molar-refractivity contribution in [2.75, 3.05) is 30.3 Å². The first kappa shape index (κ1) is 37.3. The molecule has 1 aliphatic carbocycles. The van der Waals surface area contributed by atoms with E-state index in [-0.39, 0.29) is 24.0 Å². The van der Waals surface area contributed by atoms with E-state index in [2.05, 4.69) is 46.5 Å². The molecule has 0 unspecified atom stereocenters. The maximum atomic E-state index is 12.9. The lowest BCUT2D eigenvalue weighted by atomic mass is 10.1. The average Bonchev–Trinajstić information content (AvgIpc) is 3.76. The number of carbonyl (C=O) groups excluding carboxylic acids is 3. The number of carboxylic acid groups (broad SMARTS) is 1. The smallest absolute Gasteiger partial charge is 0.422 e. The molecule has 2 aromatic heterocycles. The standard InChI is InChI=1S/C32H32ClF3N10O6/c1-18-37-12-14-46(18)15-13-38-25(48)26(49)39-16-23(27(50)51)41-24(47)19-2-8-22(9-3-19)40-28-42-29(44-30(43-28)52-17-32(34,35)36)45-31(10-11-31)20-4-6-21(33)7-5-20/h2-9,12,14,23H,10-11,13,15-17H2,1H3,(H,38,48)(H,39,49)(H,41,47)(H,50,51)(H2,40,42,43,44,45)/t23-/m0/s1. The second-order valence-corrected chi connectivity index (χ2v) is 12.0. The fourth-order valence-corrected chi connectivity index (χ4v) is 4.96. The molecule has 1 atom stereocenters. The Morgan fingerprint density at radius 1 is 0.981 bits per heavy atom. The number of nitrogens with zero attached hydrogens (tertiary/aromatic N) is 5. The molecule has 0 saturated heterocycles. The van der Waals surface area contributed by atoms with Crippen LogP contribution in [-0.4, -0.2) is 85.2 Å². The zero-order valence-corrected chi connectivity index (χ0v) is 28.1. The van der Waals surface area contributed by atoms with Crippen molar-refractivity contribution in [2.24, 2.45) is 0 Å². The molecule has 4 aromatic rings. The van der Waals surface area contributed by atoms with Crippen molar-refractivity contribution < 1.29 is 42.2 Å². The Morgan fingerprint density at radius 2 is 1.65 bits per heavy atom. The fourth-order valence-electron chi connectivity index (χ4n) is 4.83. The zero-order valence-electron chi connectivity index (χ0n) is 27.3. The molecule has 0 spiro atoms.